The number of likely N-dealkylation sites (tertiary alicyclic amines) is 1. The normalized spacial score (nSPS) is 16.2. The minimum atomic E-state index is -3.39. The molecule has 1 aromatic carbocycles. The summed E-state index contributed by atoms with van der Waals surface area (Å²) in [5.41, 5.74) is 1.07. The first-order valence-corrected chi connectivity index (χ1v) is 9.95. The first-order valence-electron chi connectivity index (χ1n) is 8.06. The van der Waals surface area contributed by atoms with Crippen molar-refractivity contribution in [1.29, 1.82) is 0 Å². The second-order valence-electron chi connectivity index (χ2n) is 6.28. The van der Waals surface area contributed by atoms with Crippen LogP contribution in [0.25, 0.3) is 0 Å². The number of carbonyl (C=O) groups excluding carboxylic acids is 1. The maximum absolute atomic E-state index is 12.6. The van der Waals surface area contributed by atoms with Gasteiger partial charge in [0.25, 0.3) is 5.91 Å². The van der Waals surface area contributed by atoms with E-state index in [0.717, 1.165) is 6.26 Å². The zero-order valence-electron chi connectivity index (χ0n) is 14.0. The number of piperidine rings is 1. The highest BCUT2D eigenvalue weighted by molar-refractivity contribution is 7.90. The molecule has 1 aromatic rings. The quantitative estimate of drug-likeness (QED) is 0.874. The lowest BCUT2D eigenvalue weighted by molar-refractivity contribution is -0.138. The van der Waals surface area contributed by atoms with Gasteiger partial charge < -0.3 is 10.0 Å². The summed E-state index contributed by atoms with van der Waals surface area (Å²) in [6, 6.07) is 4.82. The van der Waals surface area contributed by atoms with Gasteiger partial charge in [-0.3, -0.25) is 9.59 Å². The van der Waals surface area contributed by atoms with Crippen molar-refractivity contribution < 1.29 is 23.1 Å². The third kappa shape index (κ3) is 4.35. The molecule has 0 aliphatic carbocycles. The Morgan fingerprint density at radius 3 is 2.38 bits per heavy atom. The molecule has 0 unspecified atom stereocenters. The average molecular weight is 353 g/mol. The highest BCUT2D eigenvalue weighted by Gasteiger charge is 2.26. The van der Waals surface area contributed by atoms with Crippen molar-refractivity contribution in [2.24, 2.45) is 5.92 Å². The number of hydrogen-bond acceptors (Lipinski definition) is 4. The summed E-state index contributed by atoms with van der Waals surface area (Å²) in [5, 5.41) is 8.84. The van der Waals surface area contributed by atoms with Crippen LogP contribution in [0.5, 0.6) is 0 Å². The predicted molar refractivity (Wildman–Crippen MR) is 89.8 cm³/mol. The number of rotatable bonds is 5. The summed E-state index contributed by atoms with van der Waals surface area (Å²) >= 11 is 0. The molecule has 6 nitrogen and oxygen atoms in total. The molecule has 1 aliphatic heterocycles. The van der Waals surface area contributed by atoms with E-state index in [0.29, 0.717) is 43.5 Å². The summed E-state index contributed by atoms with van der Waals surface area (Å²) in [5.74, 6) is -0.912. The Morgan fingerprint density at radius 2 is 1.88 bits per heavy atom. The number of carboxylic acids is 1. The number of carboxylic acid groups (broad SMARTS) is 1. The summed E-state index contributed by atoms with van der Waals surface area (Å²) in [4.78, 5) is 25.3. The van der Waals surface area contributed by atoms with Crippen LogP contribution in [0.3, 0.4) is 0 Å². The van der Waals surface area contributed by atoms with E-state index in [-0.39, 0.29) is 23.1 Å². The van der Waals surface area contributed by atoms with E-state index in [4.69, 9.17) is 5.11 Å². The van der Waals surface area contributed by atoms with Crippen LogP contribution < -0.4 is 0 Å². The molecular weight excluding hydrogens is 330 g/mol. The fourth-order valence-corrected chi connectivity index (χ4v) is 4.12. The molecule has 0 saturated carbocycles. The Hall–Kier alpha value is -1.89. The molecule has 0 aromatic heterocycles. The number of benzene rings is 1. The largest absolute Gasteiger partial charge is 0.481 e. The molecule has 0 spiro atoms. The van der Waals surface area contributed by atoms with Gasteiger partial charge in [-0.1, -0.05) is 13.0 Å². The van der Waals surface area contributed by atoms with Crippen LogP contribution in [0.4, 0.5) is 0 Å². The lowest BCUT2D eigenvalue weighted by Gasteiger charge is -2.31. The third-order valence-corrected chi connectivity index (χ3v) is 5.64. The fourth-order valence-electron chi connectivity index (χ4n) is 3.09. The Balaban J connectivity index is 2.15. The Bertz CT molecular complexity index is 733. The standard InChI is InChI=1S/C17H23NO5S/c1-3-13-4-5-14(11-15(13)24(2,22)23)17(21)18-8-6-12(7-9-18)10-16(19)20/h4-5,11-12H,3,6-10H2,1-2H3,(H,19,20). The van der Waals surface area contributed by atoms with E-state index < -0.39 is 15.8 Å². The monoisotopic (exact) mass is 353 g/mol. The topological polar surface area (TPSA) is 91.8 Å². The van der Waals surface area contributed by atoms with E-state index >= 15 is 0 Å². The summed E-state index contributed by atoms with van der Waals surface area (Å²) in [6.07, 6.45) is 3.17. The van der Waals surface area contributed by atoms with Gasteiger partial charge in [-0.15, -0.1) is 0 Å². The second kappa shape index (κ2) is 7.34. The molecule has 1 aliphatic rings. The van der Waals surface area contributed by atoms with Gasteiger partial charge in [0.05, 0.1) is 4.90 Å². The molecule has 2 rings (SSSR count). The van der Waals surface area contributed by atoms with Gasteiger partial charge in [0.2, 0.25) is 0 Å². The fraction of sp³-hybridized carbons (Fsp3) is 0.529. The van der Waals surface area contributed by atoms with Crippen molar-refractivity contribution in [3.8, 4) is 0 Å². The van der Waals surface area contributed by atoms with Crippen molar-refractivity contribution in [1.82, 2.24) is 4.90 Å². The zero-order valence-corrected chi connectivity index (χ0v) is 14.8. The molecule has 1 fully saturated rings. The van der Waals surface area contributed by atoms with E-state index in [1.807, 2.05) is 6.92 Å². The van der Waals surface area contributed by atoms with Crippen molar-refractivity contribution in [3.05, 3.63) is 29.3 Å². The first kappa shape index (κ1) is 18.4. The SMILES string of the molecule is CCc1ccc(C(=O)N2CCC(CC(=O)O)CC2)cc1S(C)(=O)=O. The minimum absolute atomic E-state index is 0.0978. The molecule has 1 saturated heterocycles. The summed E-state index contributed by atoms with van der Waals surface area (Å²) < 4.78 is 23.9. The van der Waals surface area contributed by atoms with Gasteiger partial charge in [-0.25, -0.2) is 8.42 Å². The van der Waals surface area contributed by atoms with Crippen LogP contribution in [-0.2, 0) is 21.1 Å². The number of hydrogen-bond donors (Lipinski definition) is 1. The lowest BCUT2D eigenvalue weighted by atomic mass is 9.93. The van der Waals surface area contributed by atoms with Crippen LogP contribution in [-0.4, -0.2) is 49.6 Å². The molecule has 0 radical (unpaired) electrons. The van der Waals surface area contributed by atoms with Gasteiger partial charge in [-0.05, 0) is 42.9 Å². The number of carbonyl (C=O) groups is 2. The van der Waals surface area contributed by atoms with Crippen LogP contribution in [0, 0.1) is 5.92 Å². The molecule has 1 amide bonds. The zero-order chi connectivity index (χ0) is 17.9. The van der Waals surface area contributed by atoms with Gasteiger partial charge in [0.1, 0.15) is 0 Å². The average Bonchev–Trinajstić information content (AvgIpc) is 2.53. The second-order valence-corrected chi connectivity index (χ2v) is 8.27. The Labute approximate surface area is 142 Å². The molecular formula is C17H23NO5S. The van der Waals surface area contributed by atoms with E-state index in [1.54, 1.807) is 17.0 Å². The summed E-state index contributed by atoms with van der Waals surface area (Å²) in [6.45, 7) is 2.87. The molecule has 0 bridgehead atoms. The molecule has 0 atom stereocenters. The van der Waals surface area contributed by atoms with Gasteiger partial charge >= 0.3 is 5.97 Å². The van der Waals surface area contributed by atoms with E-state index in [9.17, 15) is 18.0 Å². The predicted octanol–water partition coefficient (Wildman–Crippen LogP) is 1.98. The maximum Gasteiger partial charge on any atom is 0.303 e. The smallest absolute Gasteiger partial charge is 0.303 e. The van der Waals surface area contributed by atoms with Crippen molar-refractivity contribution >= 4 is 21.7 Å². The summed E-state index contributed by atoms with van der Waals surface area (Å²) in [7, 11) is -3.39. The Kier molecular flexibility index (Phi) is 5.64. The molecule has 132 valence electrons. The highest BCUT2D eigenvalue weighted by Crippen LogP contribution is 2.24. The van der Waals surface area contributed by atoms with Crippen LogP contribution in [0.2, 0.25) is 0 Å². The van der Waals surface area contributed by atoms with Gasteiger partial charge in [0, 0.05) is 31.3 Å². The molecule has 1 heterocycles. The molecule has 7 heteroatoms. The number of aryl methyl sites for hydroxylation is 1. The van der Waals surface area contributed by atoms with Crippen LogP contribution in [0.15, 0.2) is 23.1 Å². The van der Waals surface area contributed by atoms with Crippen molar-refractivity contribution in [3.63, 3.8) is 0 Å². The number of sulfone groups is 1. The molecule has 1 N–H and O–H groups in total. The number of nitrogens with zero attached hydrogens (tertiary/aromatic N) is 1. The maximum atomic E-state index is 12.6. The number of aliphatic carboxylic acids is 1. The van der Waals surface area contributed by atoms with Gasteiger partial charge in [0.15, 0.2) is 9.84 Å². The highest BCUT2D eigenvalue weighted by atomic mass is 32.2. The number of amides is 1. The Morgan fingerprint density at radius 1 is 1.25 bits per heavy atom. The van der Waals surface area contributed by atoms with Crippen molar-refractivity contribution in [2.75, 3.05) is 19.3 Å². The van der Waals surface area contributed by atoms with Crippen LogP contribution >= 0.6 is 0 Å². The van der Waals surface area contributed by atoms with Gasteiger partial charge in [-0.2, -0.15) is 0 Å². The van der Waals surface area contributed by atoms with E-state index in [1.165, 1.54) is 6.07 Å². The molecule has 24 heavy (non-hydrogen) atoms. The minimum Gasteiger partial charge on any atom is -0.481 e. The lowest BCUT2D eigenvalue weighted by Crippen LogP contribution is -2.39. The van der Waals surface area contributed by atoms with E-state index in [2.05, 4.69) is 0 Å². The first-order chi connectivity index (χ1) is 11.2. The van der Waals surface area contributed by atoms with Crippen molar-refractivity contribution in [2.45, 2.75) is 37.5 Å². The van der Waals surface area contributed by atoms with Crippen LogP contribution in [0.1, 0.15) is 42.1 Å². The third-order valence-electron chi connectivity index (χ3n) is 4.46.